The molecular formula is C26H25NO4. The molecule has 0 radical (unpaired) electrons. The van der Waals surface area contributed by atoms with E-state index in [9.17, 15) is 14.7 Å². The van der Waals surface area contributed by atoms with Gasteiger partial charge in [0.15, 0.2) is 0 Å². The van der Waals surface area contributed by atoms with E-state index in [-0.39, 0.29) is 18.9 Å². The normalized spacial score (nSPS) is 13.2. The third kappa shape index (κ3) is 4.17. The Kier molecular flexibility index (Phi) is 5.76. The molecule has 0 saturated carbocycles. The number of carbonyl (C=O) groups is 2. The molecule has 0 saturated heterocycles. The summed E-state index contributed by atoms with van der Waals surface area (Å²) in [7, 11) is 0. The summed E-state index contributed by atoms with van der Waals surface area (Å²) in [6.07, 6.45) is -0.830. The second kappa shape index (κ2) is 8.64. The van der Waals surface area contributed by atoms with Crippen LogP contribution >= 0.6 is 0 Å². The van der Waals surface area contributed by atoms with Gasteiger partial charge in [0.2, 0.25) is 0 Å². The highest BCUT2D eigenvalue weighted by atomic mass is 16.5. The average molecular weight is 415 g/mol. The summed E-state index contributed by atoms with van der Waals surface area (Å²) in [5.74, 6) is -1.03. The zero-order chi connectivity index (χ0) is 22.0. The molecule has 5 nitrogen and oxygen atoms in total. The van der Waals surface area contributed by atoms with Crippen LogP contribution in [-0.4, -0.2) is 23.8 Å². The van der Waals surface area contributed by atoms with Gasteiger partial charge >= 0.3 is 12.1 Å². The van der Waals surface area contributed by atoms with Crippen LogP contribution in [0.25, 0.3) is 11.1 Å². The lowest BCUT2D eigenvalue weighted by Gasteiger charge is -2.21. The molecule has 0 aliphatic heterocycles. The van der Waals surface area contributed by atoms with Gasteiger partial charge < -0.3 is 15.2 Å². The van der Waals surface area contributed by atoms with Gasteiger partial charge in [-0.25, -0.2) is 4.79 Å². The highest BCUT2D eigenvalue weighted by molar-refractivity contribution is 5.79. The smallest absolute Gasteiger partial charge is 0.407 e. The molecule has 31 heavy (non-hydrogen) atoms. The van der Waals surface area contributed by atoms with Crippen molar-refractivity contribution in [2.45, 2.75) is 32.2 Å². The van der Waals surface area contributed by atoms with Gasteiger partial charge in [-0.2, -0.15) is 0 Å². The van der Waals surface area contributed by atoms with Crippen molar-refractivity contribution in [1.29, 1.82) is 0 Å². The first-order chi connectivity index (χ1) is 15.0. The predicted molar refractivity (Wildman–Crippen MR) is 119 cm³/mol. The predicted octanol–water partition coefficient (Wildman–Crippen LogP) is 5.36. The van der Waals surface area contributed by atoms with Gasteiger partial charge in [-0.3, -0.25) is 4.79 Å². The maximum atomic E-state index is 12.7. The summed E-state index contributed by atoms with van der Waals surface area (Å²) in [5, 5.41) is 12.1. The molecule has 0 heterocycles. The van der Waals surface area contributed by atoms with Crippen LogP contribution in [0.2, 0.25) is 0 Å². The molecule has 0 bridgehead atoms. The topological polar surface area (TPSA) is 75.6 Å². The Balaban J connectivity index is 1.50. The third-order valence-corrected chi connectivity index (χ3v) is 6.04. The second-order valence-corrected chi connectivity index (χ2v) is 7.91. The van der Waals surface area contributed by atoms with Crippen LogP contribution in [0.5, 0.6) is 0 Å². The number of amides is 1. The largest absolute Gasteiger partial charge is 0.481 e. The summed E-state index contributed by atoms with van der Waals surface area (Å²) >= 11 is 0. The Morgan fingerprint density at radius 3 is 2.16 bits per heavy atom. The molecule has 2 N–H and O–H groups in total. The average Bonchev–Trinajstić information content (AvgIpc) is 3.07. The van der Waals surface area contributed by atoms with Crippen LogP contribution in [0, 0.1) is 13.8 Å². The Hall–Kier alpha value is -3.60. The van der Waals surface area contributed by atoms with Crippen molar-refractivity contribution in [3.63, 3.8) is 0 Å². The number of carbonyl (C=O) groups excluding carboxylic acids is 1. The highest BCUT2D eigenvalue weighted by Crippen LogP contribution is 2.44. The minimum absolute atomic E-state index is 0.0446. The molecule has 1 atom stereocenters. The van der Waals surface area contributed by atoms with E-state index in [1.807, 2.05) is 56.3 Å². The van der Waals surface area contributed by atoms with Crippen molar-refractivity contribution in [1.82, 2.24) is 5.32 Å². The Morgan fingerprint density at radius 2 is 1.55 bits per heavy atom. The molecule has 1 aliphatic carbocycles. The van der Waals surface area contributed by atoms with Crippen LogP contribution in [-0.2, 0) is 9.53 Å². The molecule has 1 amide bonds. The van der Waals surface area contributed by atoms with Crippen LogP contribution < -0.4 is 5.32 Å². The fraction of sp³-hybridized carbons (Fsp3) is 0.231. The van der Waals surface area contributed by atoms with Crippen LogP contribution in [0.4, 0.5) is 4.79 Å². The summed E-state index contributed by atoms with van der Waals surface area (Å²) in [5.41, 5.74) is 7.38. The number of fused-ring (bicyclic) bond motifs is 3. The van der Waals surface area contributed by atoms with E-state index < -0.39 is 18.1 Å². The number of ether oxygens (including phenoxy) is 1. The summed E-state index contributed by atoms with van der Waals surface area (Å²) in [6.45, 7) is 4.08. The van der Waals surface area contributed by atoms with Crippen LogP contribution in [0.15, 0.2) is 66.7 Å². The third-order valence-electron chi connectivity index (χ3n) is 6.04. The first-order valence-electron chi connectivity index (χ1n) is 10.3. The number of rotatable bonds is 6. The second-order valence-electron chi connectivity index (χ2n) is 7.91. The SMILES string of the molecule is Cc1cccc([C@@H](CC(=O)O)NC(=O)OCC2c3ccccc3-c3ccccc32)c1C. The number of carboxylic acids is 1. The van der Waals surface area contributed by atoms with Gasteiger partial charge in [-0.05, 0) is 52.8 Å². The maximum Gasteiger partial charge on any atom is 0.407 e. The van der Waals surface area contributed by atoms with E-state index in [0.717, 1.165) is 38.9 Å². The summed E-state index contributed by atoms with van der Waals surface area (Å²) in [4.78, 5) is 24.1. The van der Waals surface area contributed by atoms with E-state index in [2.05, 4.69) is 29.6 Å². The van der Waals surface area contributed by atoms with Gasteiger partial charge in [-0.15, -0.1) is 0 Å². The number of aliphatic carboxylic acids is 1. The molecular weight excluding hydrogens is 390 g/mol. The van der Waals surface area contributed by atoms with Gasteiger partial charge in [0.25, 0.3) is 0 Å². The van der Waals surface area contributed by atoms with E-state index in [1.165, 1.54) is 0 Å². The van der Waals surface area contributed by atoms with Crippen molar-refractivity contribution < 1.29 is 19.4 Å². The zero-order valence-electron chi connectivity index (χ0n) is 17.6. The first kappa shape index (κ1) is 20.7. The quantitative estimate of drug-likeness (QED) is 0.568. The van der Waals surface area contributed by atoms with E-state index in [4.69, 9.17) is 4.74 Å². The number of nitrogens with one attached hydrogen (secondary N) is 1. The lowest BCUT2D eigenvalue weighted by Crippen LogP contribution is -2.32. The first-order valence-corrected chi connectivity index (χ1v) is 10.3. The molecule has 3 aromatic rings. The molecule has 5 heteroatoms. The van der Waals surface area contributed by atoms with Crippen molar-refractivity contribution in [3.8, 4) is 11.1 Å². The van der Waals surface area contributed by atoms with E-state index in [0.29, 0.717) is 0 Å². The molecule has 0 spiro atoms. The fourth-order valence-electron chi connectivity index (χ4n) is 4.35. The lowest BCUT2D eigenvalue weighted by atomic mass is 9.95. The number of benzene rings is 3. The minimum atomic E-state index is -0.982. The number of alkyl carbamates (subject to hydrolysis) is 1. The monoisotopic (exact) mass is 415 g/mol. The van der Waals surface area contributed by atoms with Crippen LogP contribution in [0.1, 0.15) is 46.2 Å². The molecule has 4 rings (SSSR count). The minimum Gasteiger partial charge on any atom is -0.481 e. The zero-order valence-corrected chi connectivity index (χ0v) is 17.6. The van der Waals surface area contributed by atoms with E-state index in [1.54, 1.807) is 0 Å². The van der Waals surface area contributed by atoms with E-state index >= 15 is 0 Å². The van der Waals surface area contributed by atoms with Gasteiger partial charge in [-0.1, -0.05) is 66.7 Å². The Morgan fingerprint density at radius 1 is 0.935 bits per heavy atom. The standard InChI is InChI=1S/C26H25NO4/c1-16-8-7-13-18(17(16)2)24(14-25(28)29)27-26(30)31-15-23-21-11-5-3-9-19(21)20-10-4-6-12-22(20)23/h3-13,23-24H,14-15H2,1-2H3,(H,27,30)(H,28,29)/t24-/m1/s1. The maximum absolute atomic E-state index is 12.7. The summed E-state index contributed by atoms with van der Waals surface area (Å²) < 4.78 is 5.60. The van der Waals surface area contributed by atoms with Gasteiger partial charge in [0, 0.05) is 5.92 Å². The lowest BCUT2D eigenvalue weighted by molar-refractivity contribution is -0.137. The Labute approximate surface area is 181 Å². The molecule has 0 fully saturated rings. The number of aryl methyl sites for hydroxylation is 1. The van der Waals surface area contributed by atoms with Crippen molar-refractivity contribution in [3.05, 3.63) is 94.5 Å². The molecule has 1 aliphatic rings. The summed E-state index contributed by atoms with van der Waals surface area (Å²) in [6, 6.07) is 21.3. The highest BCUT2D eigenvalue weighted by Gasteiger charge is 2.29. The van der Waals surface area contributed by atoms with Crippen molar-refractivity contribution >= 4 is 12.1 Å². The molecule has 0 aromatic heterocycles. The van der Waals surface area contributed by atoms with Gasteiger partial charge in [0.05, 0.1) is 12.5 Å². The van der Waals surface area contributed by atoms with Crippen LogP contribution in [0.3, 0.4) is 0 Å². The van der Waals surface area contributed by atoms with Gasteiger partial charge in [0.1, 0.15) is 6.61 Å². The molecule has 158 valence electrons. The number of carboxylic acid groups (broad SMARTS) is 1. The Bertz CT molecular complexity index is 1090. The molecule has 0 unspecified atom stereocenters. The van der Waals surface area contributed by atoms with Crippen molar-refractivity contribution in [2.75, 3.05) is 6.61 Å². The molecule has 3 aromatic carbocycles. The number of hydrogen-bond donors (Lipinski definition) is 2. The number of hydrogen-bond acceptors (Lipinski definition) is 3. The van der Waals surface area contributed by atoms with Crippen molar-refractivity contribution in [2.24, 2.45) is 0 Å². The fourth-order valence-corrected chi connectivity index (χ4v) is 4.35.